The van der Waals surface area contributed by atoms with Crippen LogP contribution in [0.25, 0.3) is 0 Å². The molecular weight excluding hydrogens is 1000 g/mol. The number of Topliss-reactive ketones (excluding diaryl/α,β-unsaturated/α-hetero) is 1. The molecule has 5 unspecified atom stereocenters. The second kappa shape index (κ2) is 23.1. The monoisotopic (exact) mass is 1040 g/mol. The molecule has 5 aliphatic rings. The van der Waals surface area contributed by atoms with E-state index in [1.807, 2.05) is 12.1 Å². The van der Waals surface area contributed by atoms with Crippen LogP contribution < -0.4 is 16.4 Å². The predicted molar refractivity (Wildman–Crippen MR) is 249 cm³/mol. The number of esters is 1. The highest BCUT2D eigenvalue weighted by Gasteiger charge is 2.70. The summed E-state index contributed by atoms with van der Waals surface area (Å²) in [5.74, 6) is -2.53. The number of fused-ring (bicyclic) bond motifs is 2. The maximum atomic E-state index is 11.7. The molecule has 23 nitrogen and oxygen atoms in total. The molecule has 4 aromatic carbocycles. The van der Waals surface area contributed by atoms with Gasteiger partial charge in [-0.25, -0.2) is 4.79 Å². The van der Waals surface area contributed by atoms with Crippen LogP contribution >= 0.6 is 15.9 Å². The van der Waals surface area contributed by atoms with Gasteiger partial charge in [-0.2, -0.15) is 9.59 Å². The van der Waals surface area contributed by atoms with Crippen LogP contribution in [0.5, 0.6) is 0 Å². The zero-order valence-corrected chi connectivity index (χ0v) is 39.2. The van der Waals surface area contributed by atoms with Gasteiger partial charge in [-0.15, -0.1) is 0 Å². The molecule has 24 heteroatoms. The van der Waals surface area contributed by atoms with Gasteiger partial charge in [0.15, 0.2) is 0 Å². The minimum absolute atomic E-state index is 0.0139. The third-order valence-corrected chi connectivity index (χ3v) is 13.0. The van der Waals surface area contributed by atoms with E-state index < -0.39 is 37.0 Å². The first-order chi connectivity index (χ1) is 33.5. The number of amides is 4. The zero-order chi connectivity index (χ0) is 53.0. The molecule has 2 saturated heterocycles. The number of nitrogens with two attached hydrogens (primary N) is 1. The molecule has 2 heterocycles. The number of nitrogens with zero attached hydrogens (tertiary/aromatic N) is 3. The standard InChI is InChI=1S/C11H8N2O4.C11H10N2O2.C10H9NO4.C9H8BrNO3.C5H8O2.CO2/c14-9-8-5-11(8,10(15)12-9)6-1-3-7(4-2-6)13(16)17;12-7-3-1-6(2-4-7)11-5-8(11)9(14)13-10(11)15;12-9(13)10(5-6-10)7-1-3-8(4-2-7)11(14)15;1-6(12)9(10)7-2-4-8(5-3-7)11(13)14;1-3-5(6)7-4-2;2-1-3/h1-4,8H,5H2,(H,12,14,15);1-4,8H,5,12H2,(H,13,14,15);1-4H,5-6H2,(H,12,13);2-5,9H,1H3;3H,1,4H2,2H3;. The van der Waals surface area contributed by atoms with Gasteiger partial charge in [0.05, 0.1) is 54.3 Å². The van der Waals surface area contributed by atoms with Crippen molar-refractivity contribution in [2.24, 2.45) is 11.8 Å². The van der Waals surface area contributed by atoms with E-state index >= 15 is 0 Å². The van der Waals surface area contributed by atoms with Gasteiger partial charge < -0.3 is 15.6 Å². The number of carboxylic acids is 1. The first-order valence-electron chi connectivity index (χ1n) is 21.0. The Kier molecular flexibility index (Phi) is 17.9. The Labute approximate surface area is 410 Å². The molecule has 4 aromatic rings. The minimum Gasteiger partial charge on any atom is -0.481 e. The van der Waals surface area contributed by atoms with Gasteiger partial charge in [-0.05, 0) is 73.9 Å². The number of alkyl halides is 1. The van der Waals surface area contributed by atoms with E-state index in [1.165, 1.54) is 55.5 Å². The highest BCUT2D eigenvalue weighted by molar-refractivity contribution is 9.09. The van der Waals surface area contributed by atoms with Gasteiger partial charge in [-0.1, -0.05) is 71.0 Å². The summed E-state index contributed by atoms with van der Waals surface area (Å²) in [5, 5.41) is 44.9. The Balaban J connectivity index is 0.000000194. The van der Waals surface area contributed by atoms with Crippen LogP contribution in [-0.2, 0) is 64.1 Å². The number of nitro groups is 3. The Morgan fingerprint density at radius 3 is 1.35 bits per heavy atom. The van der Waals surface area contributed by atoms with E-state index in [4.69, 9.17) is 20.4 Å². The fourth-order valence-electron chi connectivity index (χ4n) is 7.70. The number of carbonyl (C=O) groups excluding carboxylic acids is 8. The van der Waals surface area contributed by atoms with Gasteiger partial charge in [0, 0.05) is 48.2 Å². The molecule has 370 valence electrons. The summed E-state index contributed by atoms with van der Waals surface area (Å²) in [6.45, 7) is 6.84. The summed E-state index contributed by atoms with van der Waals surface area (Å²) >= 11 is 3.19. The van der Waals surface area contributed by atoms with Crippen LogP contribution in [0.3, 0.4) is 0 Å². The quantitative estimate of drug-likeness (QED) is 0.0286. The summed E-state index contributed by atoms with van der Waals surface area (Å²) in [7, 11) is 0. The van der Waals surface area contributed by atoms with Crippen molar-refractivity contribution in [2.45, 2.75) is 60.6 Å². The molecule has 9 rings (SSSR count). The Hall–Kier alpha value is -8.63. The number of benzene rings is 4. The number of nitrogen functional groups attached to an aromatic ring is 1. The number of carbonyl (C=O) groups is 7. The van der Waals surface area contributed by atoms with Crippen molar-refractivity contribution in [2.75, 3.05) is 12.3 Å². The van der Waals surface area contributed by atoms with Gasteiger partial charge in [0.25, 0.3) is 17.1 Å². The molecule has 5 fully saturated rings. The lowest BCUT2D eigenvalue weighted by Gasteiger charge is -2.09. The lowest BCUT2D eigenvalue weighted by molar-refractivity contribution is -0.385. The van der Waals surface area contributed by atoms with Crippen LogP contribution in [0.2, 0.25) is 0 Å². The van der Waals surface area contributed by atoms with Crippen LogP contribution in [0.1, 0.15) is 66.6 Å². The molecule has 3 saturated carbocycles. The number of piperidine rings is 2. The molecule has 5 N–H and O–H groups in total. The number of anilines is 1. The third-order valence-electron chi connectivity index (χ3n) is 11.9. The number of imide groups is 2. The normalized spacial score (nSPS) is 20.8. The van der Waals surface area contributed by atoms with Crippen LogP contribution in [0, 0.1) is 42.2 Å². The number of carboxylic acid groups (broad SMARTS) is 1. The van der Waals surface area contributed by atoms with Gasteiger partial charge in [-0.3, -0.25) is 69.7 Å². The van der Waals surface area contributed by atoms with Gasteiger partial charge in [0.1, 0.15) is 5.78 Å². The van der Waals surface area contributed by atoms with Crippen molar-refractivity contribution in [3.8, 4) is 0 Å². The smallest absolute Gasteiger partial charge is 0.373 e. The molecule has 0 aromatic heterocycles. The maximum absolute atomic E-state index is 11.7. The first kappa shape index (κ1) is 55.0. The van der Waals surface area contributed by atoms with Crippen LogP contribution in [0.4, 0.5) is 22.7 Å². The van der Waals surface area contributed by atoms with Crippen molar-refractivity contribution in [1.29, 1.82) is 0 Å². The highest BCUT2D eigenvalue weighted by Crippen LogP contribution is 2.58. The summed E-state index contributed by atoms with van der Waals surface area (Å²) in [6, 6.07) is 24.6. The van der Waals surface area contributed by atoms with Crippen LogP contribution in [0.15, 0.2) is 110 Å². The third kappa shape index (κ3) is 12.5. The van der Waals surface area contributed by atoms with Crippen molar-refractivity contribution in [3.63, 3.8) is 0 Å². The average Bonchev–Trinajstić information content (AvgIpc) is 4.27. The van der Waals surface area contributed by atoms with E-state index in [2.05, 4.69) is 37.9 Å². The molecule has 5 atom stereocenters. The number of nitro benzene ring substituents is 3. The van der Waals surface area contributed by atoms with Crippen molar-refractivity contribution in [3.05, 3.63) is 162 Å². The predicted octanol–water partition coefficient (Wildman–Crippen LogP) is 5.17. The Morgan fingerprint density at radius 1 is 0.746 bits per heavy atom. The fourth-order valence-corrected chi connectivity index (χ4v) is 8.00. The number of hydrogen-bond donors (Lipinski definition) is 4. The molecule has 3 aliphatic carbocycles. The Morgan fingerprint density at radius 2 is 1.10 bits per heavy atom. The lowest BCUT2D eigenvalue weighted by Crippen LogP contribution is -2.30. The van der Waals surface area contributed by atoms with E-state index in [0.717, 1.165) is 17.2 Å². The summed E-state index contributed by atoms with van der Waals surface area (Å²) in [6.07, 6.45) is 3.76. The van der Waals surface area contributed by atoms with E-state index in [-0.39, 0.29) is 75.3 Å². The Bertz CT molecular complexity index is 2790. The van der Waals surface area contributed by atoms with Gasteiger partial charge in [0.2, 0.25) is 23.6 Å². The molecule has 0 spiro atoms. The number of ketones is 1. The highest BCUT2D eigenvalue weighted by atomic mass is 79.9. The van der Waals surface area contributed by atoms with Gasteiger partial charge >= 0.3 is 18.1 Å². The largest absolute Gasteiger partial charge is 0.481 e. The maximum Gasteiger partial charge on any atom is 0.373 e. The molecule has 2 aliphatic heterocycles. The fraction of sp³-hybridized carbons (Fsp3) is 0.277. The lowest BCUT2D eigenvalue weighted by atomic mass is 9.94. The molecular formula is C47H43BrN6O17. The second-order valence-corrected chi connectivity index (χ2v) is 17.0. The van der Waals surface area contributed by atoms with Crippen molar-refractivity contribution < 1.29 is 67.8 Å². The minimum atomic E-state index is -0.851. The first-order valence-corrected chi connectivity index (χ1v) is 21.9. The summed E-state index contributed by atoms with van der Waals surface area (Å²) in [5.41, 5.74) is 7.06. The van der Waals surface area contributed by atoms with Crippen LogP contribution in [-0.4, -0.2) is 74.0 Å². The SMILES string of the molecule is C=CC(=O)OCC.CC(=O)C(Br)c1ccc([N+](=O)[O-])cc1.Nc1ccc(C23CC2C(=O)NC3=O)cc1.O=C(O)C1(c2ccc([N+](=O)[O-])cc2)CC1.O=C1NC(=O)C2(c3ccc([N+](=O)[O-])cc3)CC12.O=C=O. The van der Waals surface area contributed by atoms with E-state index in [9.17, 15) is 63.9 Å². The number of ether oxygens (including phenoxy) is 1. The molecule has 71 heavy (non-hydrogen) atoms. The number of halogens is 1. The van der Waals surface area contributed by atoms with E-state index in [1.54, 1.807) is 43.3 Å². The second-order valence-electron chi connectivity index (χ2n) is 16.1. The molecule has 0 radical (unpaired) electrons. The number of nitrogens with one attached hydrogen (secondary N) is 2. The van der Waals surface area contributed by atoms with Crippen molar-refractivity contribution >= 4 is 86.2 Å². The van der Waals surface area contributed by atoms with Crippen molar-refractivity contribution in [1.82, 2.24) is 10.6 Å². The topological polar surface area (TPSA) is 363 Å². The summed E-state index contributed by atoms with van der Waals surface area (Å²) < 4.78 is 4.43. The average molecular weight is 1040 g/mol. The molecule has 0 bridgehead atoms. The number of non-ortho nitro benzene ring substituents is 3. The van der Waals surface area contributed by atoms with E-state index in [0.29, 0.717) is 49.1 Å². The molecule has 4 amide bonds. The number of aliphatic carboxylic acids is 1. The zero-order valence-electron chi connectivity index (χ0n) is 37.6. The number of rotatable bonds is 11. The number of hydrogen-bond acceptors (Lipinski definition) is 17. The summed E-state index contributed by atoms with van der Waals surface area (Å²) in [4.78, 5) is 124.